The second kappa shape index (κ2) is 7.67. The topological polar surface area (TPSA) is 87.2 Å². The molecule has 8 heteroatoms. The summed E-state index contributed by atoms with van der Waals surface area (Å²) in [5.74, 6) is -0.814. The van der Waals surface area contributed by atoms with Crippen molar-refractivity contribution in [2.75, 3.05) is 13.1 Å². The van der Waals surface area contributed by atoms with Crippen molar-refractivity contribution in [3.05, 3.63) is 63.1 Å². The van der Waals surface area contributed by atoms with E-state index in [0.29, 0.717) is 29.7 Å². The number of amides is 3. The van der Waals surface area contributed by atoms with Gasteiger partial charge in [0, 0.05) is 16.6 Å². The average molecular weight is 487 g/mol. The molecular weight excluding hydrogens is 464 g/mol. The minimum absolute atomic E-state index is 0.00747. The summed E-state index contributed by atoms with van der Waals surface area (Å²) in [4.78, 5) is 41.5. The molecule has 162 valence electrons. The van der Waals surface area contributed by atoms with Crippen LogP contribution in [0.3, 0.4) is 0 Å². The van der Waals surface area contributed by atoms with E-state index in [0.717, 1.165) is 14.9 Å². The Hall–Kier alpha value is -2.87. The molecule has 0 spiro atoms. The molecule has 0 radical (unpaired) electrons. The molecule has 1 atom stereocenters. The van der Waals surface area contributed by atoms with Gasteiger partial charge < -0.3 is 9.84 Å². The number of carbonyl (C=O) groups is 3. The van der Waals surface area contributed by atoms with Gasteiger partial charge in [-0.3, -0.25) is 19.4 Å². The lowest BCUT2D eigenvalue weighted by Gasteiger charge is -2.39. The first-order valence-corrected chi connectivity index (χ1v) is 10.8. The number of hydrogen-bond acceptors (Lipinski definition) is 5. The molecule has 1 N–H and O–H groups in total. The molecule has 0 saturated carbocycles. The molecule has 0 aromatic heterocycles. The smallest absolute Gasteiger partial charge is 0.410 e. The van der Waals surface area contributed by atoms with Gasteiger partial charge >= 0.3 is 6.09 Å². The van der Waals surface area contributed by atoms with Gasteiger partial charge in [-0.2, -0.15) is 0 Å². The first kappa shape index (κ1) is 21.4. The lowest BCUT2D eigenvalue weighted by atomic mass is 9.91. The average Bonchev–Trinajstić information content (AvgIpc) is 2.94. The predicted octanol–water partition coefficient (Wildman–Crippen LogP) is 4.29. The first-order chi connectivity index (χ1) is 14.6. The minimum Gasteiger partial charge on any atom is -0.508 e. The van der Waals surface area contributed by atoms with Crippen molar-refractivity contribution in [2.45, 2.75) is 38.8 Å². The maximum Gasteiger partial charge on any atom is 0.410 e. The van der Waals surface area contributed by atoms with E-state index >= 15 is 0 Å². The Kier molecular flexibility index (Phi) is 5.29. The number of ether oxygens (including phenoxy) is 1. The standard InChI is InChI=1S/C23H23BrN2O5/c1-23(2,3)31-22(30)25-11-10-15-16(24)8-9-18(27)19(15)17(25)12-26-20(28)13-6-4-5-7-14(13)21(26)29/h4-9,17,27H,10-12H2,1-3H3. The normalized spacial score (nSPS) is 18.1. The molecule has 1 unspecified atom stereocenters. The Morgan fingerprint density at radius 2 is 1.74 bits per heavy atom. The van der Waals surface area contributed by atoms with Gasteiger partial charge in [0.1, 0.15) is 11.4 Å². The van der Waals surface area contributed by atoms with Gasteiger partial charge in [-0.1, -0.05) is 28.1 Å². The predicted molar refractivity (Wildman–Crippen MR) is 117 cm³/mol. The third kappa shape index (κ3) is 3.80. The zero-order chi connectivity index (χ0) is 22.5. The van der Waals surface area contributed by atoms with Gasteiger partial charge in [-0.15, -0.1) is 0 Å². The number of phenols is 1. The monoisotopic (exact) mass is 486 g/mol. The lowest BCUT2D eigenvalue weighted by molar-refractivity contribution is 0.00958. The number of imide groups is 1. The molecule has 0 aliphatic carbocycles. The van der Waals surface area contributed by atoms with Gasteiger partial charge in [-0.25, -0.2) is 4.79 Å². The molecule has 3 amide bonds. The van der Waals surface area contributed by atoms with E-state index in [1.54, 1.807) is 51.1 Å². The maximum atomic E-state index is 13.0. The van der Waals surface area contributed by atoms with E-state index in [1.165, 1.54) is 11.0 Å². The quantitative estimate of drug-likeness (QED) is 0.639. The van der Waals surface area contributed by atoms with Crippen LogP contribution >= 0.6 is 15.9 Å². The molecule has 2 aromatic rings. The Morgan fingerprint density at radius 1 is 1.13 bits per heavy atom. The van der Waals surface area contributed by atoms with Crippen LogP contribution in [-0.4, -0.2) is 51.5 Å². The summed E-state index contributed by atoms with van der Waals surface area (Å²) >= 11 is 3.52. The van der Waals surface area contributed by atoms with Crippen LogP contribution in [0.5, 0.6) is 5.75 Å². The number of halogens is 1. The van der Waals surface area contributed by atoms with Crippen molar-refractivity contribution in [2.24, 2.45) is 0 Å². The summed E-state index contributed by atoms with van der Waals surface area (Å²) in [6.45, 7) is 5.57. The van der Waals surface area contributed by atoms with Crippen LogP contribution in [0.1, 0.15) is 58.7 Å². The number of carbonyl (C=O) groups excluding carboxylic acids is 3. The maximum absolute atomic E-state index is 13.0. The highest BCUT2D eigenvalue weighted by Crippen LogP contribution is 2.41. The molecule has 2 aliphatic rings. The van der Waals surface area contributed by atoms with Crippen LogP contribution in [0.25, 0.3) is 0 Å². The highest BCUT2D eigenvalue weighted by atomic mass is 79.9. The van der Waals surface area contributed by atoms with E-state index in [4.69, 9.17) is 4.74 Å². The van der Waals surface area contributed by atoms with E-state index in [2.05, 4.69) is 15.9 Å². The molecular formula is C23H23BrN2O5. The van der Waals surface area contributed by atoms with Crippen LogP contribution in [-0.2, 0) is 11.2 Å². The Bertz CT molecular complexity index is 1060. The molecule has 0 saturated heterocycles. The fourth-order valence-electron chi connectivity index (χ4n) is 4.10. The summed E-state index contributed by atoms with van der Waals surface area (Å²) in [6.07, 6.45) is -0.0542. The molecule has 0 fully saturated rings. The van der Waals surface area contributed by atoms with Gasteiger partial charge in [0.05, 0.1) is 23.7 Å². The van der Waals surface area contributed by atoms with Gasteiger partial charge in [0.15, 0.2) is 0 Å². The number of hydrogen-bond donors (Lipinski definition) is 1. The van der Waals surface area contributed by atoms with Crippen LogP contribution in [0.2, 0.25) is 0 Å². The SMILES string of the molecule is CC(C)(C)OC(=O)N1CCc2c(Br)ccc(O)c2C1CN1C(=O)c2ccccc2C1=O. The second-order valence-corrected chi connectivity index (χ2v) is 9.52. The molecule has 7 nitrogen and oxygen atoms in total. The summed E-state index contributed by atoms with van der Waals surface area (Å²) in [6, 6.07) is 9.19. The number of fused-ring (bicyclic) bond motifs is 2. The third-order valence-electron chi connectivity index (χ3n) is 5.45. The highest BCUT2D eigenvalue weighted by molar-refractivity contribution is 9.10. The zero-order valence-electron chi connectivity index (χ0n) is 17.5. The molecule has 4 rings (SSSR count). The van der Waals surface area contributed by atoms with Crippen LogP contribution < -0.4 is 0 Å². The van der Waals surface area contributed by atoms with E-state index < -0.39 is 29.6 Å². The van der Waals surface area contributed by atoms with Crippen LogP contribution in [0, 0.1) is 0 Å². The van der Waals surface area contributed by atoms with Crippen molar-refractivity contribution < 1.29 is 24.2 Å². The number of phenolic OH excluding ortho intramolecular Hbond substituents is 1. The van der Waals surface area contributed by atoms with Gasteiger partial charge in [-0.05, 0) is 57.0 Å². The number of benzene rings is 2. The molecule has 2 heterocycles. The number of aromatic hydroxyl groups is 1. The van der Waals surface area contributed by atoms with Crippen molar-refractivity contribution in [1.29, 1.82) is 0 Å². The third-order valence-corrected chi connectivity index (χ3v) is 6.19. The Morgan fingerprint density at radius 3 is 2.32 bits per heavy atom. The van der Waals surface area contributed by atoms with E-state index in [-0.39, 0.29) is 12.3 Å². The summed E-state index contributed by atoms with van der Waals surface area (Å²) in [5, 5.41) is 10.7. The fourth-order valence-corrected chi connectivity index (χ4v) is 4.65. The minimum atomic E-state index is -0.738. The molecule has 0 bridgehead atoms. The molecule has 2 aliphatic heterocycles. The second-order valence-electron chi connectivity index (χ2n) is 8.66. The summed E-state index contributed by atoms with van der Waals surface area (Å²) < 4.78 is 6.38. The lowest BCUT2D eigenvalue weighted by Crippen LogP contribution is -2.48. The summed E-state index contributed by atoms with van der Waals surface area (Å²) in [5.41, 5.74) is 1.33. The van der Waals surface area contributed by atoms with Crippen molar-refractivity contribution in [3.8, 4) is 5.75 Å². The first-order valence-electron chi connectivity index (χ1n) is 10.0. The van der Waals surface area contributed by atoms with E-state index in [1.807, 2.05) is 0 Å². The Balaban J connectivity index is 1.75. The van der Waals surface area contributed by atoms with Gasteiger partial charge in [0.25, 0.3) is 11.8 Å². The zero-order valence-corrected chi connectivity index (χ0v) is 19.1. The van der Waals surface area contributed by atoms with Crippen LogP contribution in [0.15, 0.2) is 40.9 Å². The largest absolute Gasteiger partial charge is 0.508 e. The molecule has 2 aromatic carbocycles. The van der Waals surface area contributed by atoms with Gasteiger partial charge in [0.2, 0.25) is 0 Å². The number of nitrogens with zero attached hydrogens (tertiary/aromatic N) is 2. The summed E-state index contributed by atoms with van der Waals surface area (Å²) in [7, 11) is 0. The molecule has 31 heavy (non-hydrogen) atoms. The highest BCUT2D eigenvalue weighted by Gasteiger charge is 2.42. The van der Waals surface area contributed by atoms with Crippen molar-refractivity contribution in [3.63, 3.8) is 0 Å². The van der Waals surface area contributed by atoms with Crippen molar-refractivity contribution in [1.82, 2.24) is 9.80 Å². The fraction of sp³-hybridized carbons (Fsp3) is 0.348. The Labute approximate surface area is 188 Å². The number of rotatable bonds is 2. The van der Waals surface area contributed by atoms with Crippen LogP contribution in [0.4, 0.5) is 4.79 Å². The van der Waals surface area contributed by atoms with E-state index in [9.17, 15) is 19.5 Å². The van der Waals surface area contributed by atoms with Crippen molar-refractivity contribution >= 4 is 33.8 Å².